The number of methoxy groups -OCH3 is 1. The van der Waals surface area contributed by atoms with Gasteiger partial charge in [-0.15, -0.1) is 11.6 Å². The fraction of sp³-hybridized carbons (Fsp3) is 0.312. The van der Waals surface area contributed by atoms with E-state index in [9.17, 15) is 4.79 Å². The summed E-state index contributed by atoms with van der Waals surface area (Å²) in [6.45, 7) is 5.49. The molecular formula is C16H17Cl2NO2. The van der Waals surface area contributed by atoms with Gasteiger partial charge in [0.1, 0.15) is 5.75 Å². The highest BCUT2D eigenvalue weighted by atomic mass is 35.5. The van der Waals surface area contributed by atoms with Gasteiger partial charge < -0.3 is 9.30 Å². The van der Waals surface area contributed by atoms with Crippen LogP contribution in [0.15, 0.2) is 24.3 Å². The topological polar surface area (TPSA) is 31.2 Å². The molecule has 1 aromatic heterocycles. The lowest BCUT2D eigenvalue weighted by atomic mass is 10.1. The summed E-state index contributed by atoms with van der Waals surface area (Å²) in [5, 5.41) is 0.0373. The maximum atomic E-state index is 12.2. The van der Waals surface area contributed by atoms with E-state index in [0.717, 1.165) is 17.1 Å². The molecule has 5 heteroatoms. The SMILES string of the molecule is COc1ccc(Cl)c(-n2c(C)cc(C(=O)C(C)Cl)c2C)c1. The van der Waals surface area contributed by atoms with Crippen molar-refractivity contribution < 1.29 is 9.53 Å². The molecule has 0 saturated heterocycles. The van der Waals surface area contributed by atoms with Gasteiger partial charge in [0, 0.05) is 23.0 Å². The lowest BCUT2D eigenvalue weighted by molar-refractivity contribution is 0.0991. The van der Waals surface area contributed by atoms with Crippen molar-refractivity contribution in [2.45, 2.75) is 26.1 Å². The van der Waals surface area contributed by atoms with E-state index in [-0.39, 0.29) is 5.78 Å². The summed E-state index contributed by atoms with van der Waals surface area (Å²) in [7, 11) is 1.60. The van der Waals surface area contributed by atoms with E-state index >= 15 is 0 Å². The second-order valence-corrected chi connectivity index (χ2v) is 5.98. The molecule has 0 fully saturated rings. The third-order valence-corrected chi connectivity index (χ3v) is 3.97. The molecule has 0 aliphatic carbocycles. The van der Waals surface area contributed by atoms with Crippen LogP contribution in [0, 0.1) is 13.8 Å². The molecule has 2 rings (SSSR count). The number of hydrogen-bond acceptors (Lipinski definition) is 2. The maximum Gasteiger partial charge on any atom is 0.182 e. The van der Waals surface area contributed by atoms with Crippen LogP contribution in [0.25, 0.3) is 5.69 Å². The number of carbonyl (C=O) groups is 1. The van der Waals surface area contributed by atoms with Gasteiger partial charge in [-0.1, -0.05) is 11.6 Å². The van der Waals surface area contributed by atoms with E-state index in [1.165, 1.54) is 0 Å². The number of halogens is 2. The molecule has 0 N–H and O–H groups in total. The number of alkyl halides is 1. The predicted molar refractivity (Wildman–Crippen MR) is 86.5 cm³/mol. The van der Waals surface area contributed by atoms with E-state index < -0.39 is 5.38 Å². The van der Waals surface area contributed by atoms with Crippen molar-refractivity contribution in [1.82, 2.24) is 4.57 Å². The van der Waals surface area contributed by atoms with Gasteiger partial charge in [0.25, 0.3) is 0 Å². The van der Waals surface area contributed by atoms with Crippen molar-refractivity contribution in [1.29, 1.82) is 0 Å². The number of carbonyl (C=O) groups excluding carboxylic acids is 1. The van der Waals surface area contributed by atoms with Gasteiger partial charge in [0.2, 0.25) is 0 Å². The Morgan fingerprint density at radius 1 is 1.29 bits per heavy atom. The summed E-state index contributed by atoms with van der Waals surface area (Å²) in [5.41, 5.74) is 3.14. The molecule has 2 aromatic rings. The number of aromatic nitrogens is 1. The van der Waals surface area contributed by atoms with Crippen molar-refractivity contribution in [2.24, 2.45) is 0 Å². The number of Topliss-reactive ketones (excluding diaryl/α,β-unsaturated/α-hetero) is 1. The zero-order valence-electron chi connectivity index (χ0n) is 12.4. The first kappa shape index (κ1) is 15.9. The van der Waals surface area contributed by atoms with E-state index in [2.05, 4.69) is 0 Å². The molecule has 0 saturated carbocycles. The second kappa shape index (κ2) is 6.12. The largest absolute Gasteiger partial charge is 0.497 e. The van der Waals surface area contributed by atoms with Crippen LogP contribution in [0.4, 0.5) is 0 Å². The third-order valence-electron chi connectivity index (χ3n) is 3.45. The number of benzene rings is 1. The molecule has 112 valence electrons. The molecule has 0 spiro atoms. The Hall–Kier alpha value is -1.45. The van der Waals surface area contributed by atoms with Crippen LogP contribution in [-0.2, 0) is 0 Å². The van der Waals surface area contributed by atoms with Gasteiger partial charge in [-0.2, -0.15) is 0 Å². The van der Waals surface area contributed by atoms with Crippen molar-refractivity contribution in [2.75, 3.05) is 7.11 Å². The summed E-state index contributed by atoms with van der Waals surface area (Å²) in [6, 6.07) is 7.26. The number of hydrogen-bond donors (Lipinski definition) is 0. The quantitative estimate of drug-likeness (QED) is 0.609. The molecule has 1 unspecified atom stereocenters. The number of ether oxygens (including phenoxy) is 1. The molecule has 1 heterocycles. The first-order valence-electron chi connectivity index (χ1n) is 6.58. The molecule has 0 bridgehead atoms. The van der Waals surface area contributed by atoms with Crippen molar-refractivity contribution in [3.8, 4) is 11.4 Å². The Morgan fingerprint density at radius 3 is 2.52 bits per heavy atom. The van der Waals surface area contributed by atoms with Crippen LogP contribution in [0.1, 0.15) is 28.7 Å². The van der Waals surface area contributed by atoms with Crippen LogP contribution in [0.3, 0.4) is 0 Å². The van der Waals surface area contributed by atoms with Gasteiger partial charge in [-0.3, -0.25) is 4.79 Å². The Bertz CT molecular complexity index is 690. The lowest BCUT2D eigenvalue weighted by Gasteiger charge is -2.13. The number of nitrogens with zero attached hydrogens (tertiary/aromatic N) is 1. The Labute approximate surface area is 134 Å². The van der Waals surface area contributed by atoms with Gasteiger partial charge in [-0.05, 0) is 39.0 Å². The highest BCUT2D eigenvalue weighted by Crippen LogP contribution is 2.30. The minimum atomic E-state index is -0.556. The summed E-state index contributed by atoms with van der Waals surface area (Å²) in [6.07, 6.45) is 0. The van der Waals surface area contributed by atoms with Crippen LogP contribution in [0.5, 0.6) is 5.75 Å². The van der Waals surface area contributed by atoms with Crippen LogP contribution < -0.4 is 4.74 Å². The van der Waals surface area contributed by atoms with Gasteiger partial charge in [0.15, 0.2) is 5.78 Å². The molecule has 21 heavy (non-hydrogen) atoms. The van der Waals surface area contributed by atoms with Crippen LogP contribution >= 0.6 is 23.2 Å². The smallest absolute Gasteiger partial charge is 0.182 e. The molecule has 0 aliphatic heterocycles. The van der Waals surface area contributed by atoms with Crippen LogP contribution in [0.2, 0.25) is 5.02 Å². The standard InChI is InChI=1S/C16H17Cl2NO2/c1-9-7-13(16(20)10(2)17)11(3)19(9)15-8-12(21-4)5-6-14(15)18/h5-8,10H,1-4H3. The molecule has 0 radical (unpaired) electrons. The van der Waals surface area contributed by atoms with Crippen molar-refractivity contribution in [3.05, 3.63) is 46.2 Å². The summed E-state index contributed by atoms with van der Waals surface area (Å²) in [5.74, 6) is 0.621. The summed E-state index contributed by atoms with van der Waals surface area (Å²) in [4.78, 5) is 12.2. The van der Waals surface area contributed by atoms with Gasteiger partial charge >= 0.3 is 0 Å². The zero-order chi connectivity index (χ0) is 15.7. The maximum absolute atomic E-state index is 12.2. The van der Waals surface area contributed by atoms with E-state index in [1.807, 2.05) is 30.5 Å². The molecule has 1 atom stereocenters. The van der Waals surface area contributed by atoms with E-state index in [0.29, 0.717) is 16.3 Å². The molecule has 3 nitrogen and oxygen atoms in total. The number of aryl methyl sites for hydroxylation is 1. The number of ketones is 1. The highest BCUT2D eigenvalue weighted by Gasteiger charge is 2.21. The van der Waals surface area contributed by atoms with E-state index in [4.69, 9.17) is 27.9 Å². The molecule has 0 amide bonds. The average molecular weight is 326 g/mol. The number of rotatable bonds is 4. The Balaban J connectivity index is 2.63. The summed E-state index contributed by atoms with van der Waals surface area (Å²) < 4.78 is 7.19. The molecule has 0 aliphatic rings. The first-order valence-corrected chi connectivity index (χ1v) is 7.39. The third kappa shape index (κ3) is 2.94. The van der Waals surface area contributed by atoms with Gasteiger partial charge in [0.05, 0.1) is 23.2 Å². The Kier molecular flexibility index (Phi) is 4.64. The Morgan fingerprint density at radius 2 is 1.95 bits per heavy atom. The van der Waals surface area contributed by atoms with Gasteiger partial charge in [-0.25, -0.2) is 0 Å². The fourth-order valence-electron chi connectivity index (χ4n) is 2.39. The fourth-order valence-corrected chi connectivity index (χ4v) is 2.71. The molecular weight excluding hydrogens is 309 g/mol. The highest BCUT2D eigenvalue weighted by molar-refractivity contribution is 6.34. The zero-order valence-corrected chi connectivity index (χ0v) is 13.9. The lowest BCUT2D eigenvalue weighted by Crippen LogP contribution is -2.11. The minimum Gasteiger partial charge on any atom is -0.497 e. The minimum absolute atomic E-state index is 0.0879. The predicted octanol–water partition coefficient (Wildman–Crippen LogP) is 4.57. The normalized spacial score (nSPS) is 12.3. The first-order chi connectivity index (χ1) is 9.86. The molecule has 1 aromatic carbocycles. The average Bonchev–Trinajstić information content (AvgIpc) is 2.74. The second-order valence-electron chi connectivity index (χ2n) is 4.92. The van der Waals surface area contributed by atoms with E-state index in [1.54, 1.807) is 26.2 Å². The van der Waals surface area contributed by atoms with Crippen molar-refractivity contribution in [3.63, 3.8) is 0 Å². The van der Waals surface area contributed by atoms with Crippen molar-refractivity contribution >= 4 is 29.0 Å². The van der Waals surface area contributed by atoms with Crippen LogP contribution in [-0.4, -0.2) is 22.8 Å². The monoisotopic (exact) mass is 325 g/mol. The summed E-state index contributed by atoms with van der Waals surface area (Å²) >= 11 is 12.2.